The van der Waals surface area contributed by atoms with Crippen LogP contribution in [0.4, 0.5) is 4.79 Å². The van der Waals surface area contributed by atoms with Gasteiger partial charge in [0, 0.05) is 31.7 Å². The third-order valence-electron chi connectivity index (χ3n) is 4.57. The molecule has 0 aromatic rings. The van der Waals surface area contributed by atoms with Crippen molar-refractivity contribution in [3.8, 4) is 0 Å². The third kappa shape index (κ3) is 6.28. The largest absolute Gasteiger partial charge is 0.444 e. The van der Waals surface area contributed by atoms with Crippen LogP contribution in [0, 0.1) is 5.41 Å². The lowest BCUT2D eigenvalue weighted by atomic mass is 9.83. The maximum atomic E-state index is 12.3. The summed E-state index contributed by atoms with van der Waals surface area (Å²) in [5, 5.41) is 13.0. The maximum Gasteiger partial charge on any atom is 0.410 e. The Bertz CT molecular complexity index is 356. The Balaban J connectivity index is 2.57. The van der Waals surface area contributed by atoms with Gasteiger partial charge < -0.3 is 19.9 Å². The number of nitrogens with zero attached hydrogens (tertiary/aromatic N) is 1. The third-order valence-corrected chi connectivity index (χ3v) is 4.57. The second kappa shape index (κ2) is 8.85. The summed E-state index contributed by atoms with van der Waals surface area (Å²) < 4.78 is 11.0. The van der Waals surface area contributed by atoms with Gasteiger partial charge in [0.25, 0.3) is 0 Å². The molecular weight excluding hydrogens is 296 g/mol. The first kappa shape index (κ1) is 20.2. The van der Waals surface area contributed by atoms with Gasteiger partial charge in [-0.2, -0.15) is 0 Å². The Morgan fingerprint density at radius 2 is 2.00 bits per heavy atom. The first-order valence-corrected chi connectivity index (χ1v) is 8.66. The van der Waals surface area contributed by atoms with Crippen LogP contribution in [0.3, 0.4) is 0 Å². The van der Waals surface area contributed by atoms with Crippen LogP contribution in [0.1, 0.15) is 47.5 Å². The van der Waals surface area contributed by atoms with E-state index in [0.717, 1.165) is 19.4 Å². The summed E-state index contributed by atoms with van der Waals surface area (Å²) >= 11 is 0. The monoisotopic (exact) mass is 330 g/mol. The number of ether oxygens (including phenoxy) is 2. The Morgan fingerprint density at radius 3 is 2.52 bits per heavy atom. The van der Waals surface area contributed by atoms with Gasteiger partial charge in [-0.25, -0.2) is 4.79 Å². The zero-order valence-corrected chi connectivity index (χ0v) is 15.4. The predicted molar refractivity (Wildman–Crippen MR) is 90.5 cm³/mol. The smallest absolute Gasteiger partial charge is 0.410 e. The van der Waals surface area contributed by atoms with Crippen LogP contribution in [0.25, 0.3) is 0 Å². The standard InChI is InChI=1S/C17H34N2O4/c1-6-17(7-2,13-20)12-18-10-14-11-22-9-8-19(14)15(21)23-16(3,4)5/h14,18,20H,6-13H2,1-5H3. The molecule has 1 unspecified atom stereocenters. The van der Waals surface area contributed by atoms with E-state index in [1.807, 2.05) is 20.8 Å². The second-order valence-electron chi connectivity index (χ2n) is 7.40. The van der Waals surface area contributed by atoms with Gasteiger partial charge in [0.2, 0.25) is 0 Å². The zero-order chi connectivity index (χ0) is 17.5. The number of carbonyl (C=O) groups excluding carboxylic acids is 1. The topological polar surface area (TPSA) is 71.0 Å². The van der Waals surface area contributed by atoms with Crippen molar-refractivity contribution in [3.63, 3.8) is 0 Å². The molecule has 6 heteroatoms. The highest BCUT2D eigenvalue weighted by atomic mass is 16.6. The SMILES string of the molecule is CCC(CC)(CO)CNCC1COCCN1C(=O)OC(C)(C)C. The molecule has 1 amide bonds. The van der Waals surface area contributed by atoms with Crippen molar-refractivity contribution in [2.24, 2.45) is 5.41 Å². The lowest BCUT2D eigenvalue weighted by molar-refractivity contribution is -0.0324. The van der Waals surface area contributed by atoms with Gasteiger partial charge in [0.15, 0.2) is 0 Å². The van der Waals surface area contributed by atoms with Gasteiger partial charge in [0.05, 0.1) is 19.3 Å². The second-order valence-corrected chi connectivity index (χ2v) is 7.40. The van der Waals surface area contributed by atoms with E-state index < -0.39 is 5.60 Å². The highest BCUT2D eigenvalue weighted by Gasteiger charge is 2.32. The summed E-state index contributed by atoms with van der Waals surface area (Å²) in [6.07, 6.45) is 1.56. The molecule has 6 nitrogen and oxygen atoms in total. The zero-order valence-electron chi connectivity index (χ0n) is 15.4. The number of carbonyl (C=O) groups is 1. The van der Waals surface area contributed by atoms with Gasteiger partial charge in [-0.1, -0.05) is 13.8 Å². The van der Waals surface area contributed by atoms with Crippen molar-refractivity contribution in [3.05, 3.63) is 0 Å². The van der Waals surface area contributed by atoms with E-state index in [2.05, 4.69) is 19.2 Å². The molecule has 1 aliphatic rings. The molecule has 0 aliphatic carbocycles. The fourth-order valence-electron chi connectivity index (χ4n) is 2.67. The minimum Gasteiger partial charge on any atom is -0.444 e. The van der Waals surface area contributed by atoms with E-state index in [1.165, 1.54) is 0 Å². The number of hydrogen-bond acceptors (Lipinski definition) is 5. The van der Waals surface area contributed by atoms with Crippen molar-refractivity contribution in [2.45, 2.75) is 59.1 Å². The van der Waals surface area contributed by atoms with Crippen LogP contribution in [0.15, 0.2) is 0 Å². The van der Waals surface area contributed by atoms with E-state index in [4.69, 9.17) is 9.47 Å². The molecule has 0 aromatic heterocycles. The molecule has 0 aromatic carbocycles. The number of hydrogen-bond donors (Lipinski definition) is 2. The van der Waals surface area contributed by atoms with E-state index >= 15 is 0 Å². The van der Waals surface area contributed by atoms with Gasteiger partial charge >= 0.3 is 6.09 Å². The highest BCUT2D eigenvalue weighted by Crippen LogP contribution is 2.24. The number of morpholine rings is 1. The van der Waals surface area contributed by atoms with Crippen molar-refractivity contribution < 1.29 is 19.4 Å². The van der Waals surface area contributed by atoms with Gasteiger partial charge in [-0.15, -0.1) is 0 Å². The van der Waals surface area contributed by atoms with Crippen molar-refractivity contribution >= 4 is 6.09 Å². The fourth-order valence-corrected chi connectivity index (χ4v) is 2.67. The van der Waals surface area contributed by atoms with Gasteiger partial charge in [0.1, 0.15) is 5.60 Å². The van der Waals surface area contributed by atoms with Crippen molar-refractivity contribution in [1.82, 2.24) is 10.2 Å². The minimum absolute atomic E-state index is 0.0382. The molecular formula is C17H34N2O4. The lowest BCUT2D eigenvalue weighted by Gasteiger charge is -2.37. The molecule has 1 aliphatic heterocycles. The van der Waals surface area contributed by atoms with E-state index in [-0.39, 0.29) is 24.2 Å². The molecule has 1 rings (SSSR count). The predicted octanol–water partition coefficient (Wildman–Crippen LogP) is 2.01. The quantitative estimate of drug-likeness (QED) is 0.747. The molecule has 2 N–H and O–H groups in total. The molecule has 0 radical (unpaired) electrons. The molecule has 1 fully saturated rings. The molecule has 23 heavy (non-hydrogen) atoms. The van der Waals surface area contributed by atoms with E-state index in [0.29, 0.717) is 26.3 Å². The van der Waals surface area contributed by atoms with Gasteiger partial charge in [-0.05, 0) is 33.6 Å². The highest BCUT2D eigenvalue weighted by molar-refractivity contribution is 5.68. The first-order valence-electron chi connectivity index (χ1n) is 8.66. The average molecular weight is 330 g/mol. The number of aliphatic hydroxyl groups excluding tert-OH is 1. The number of nitrogens with one attached hydrogen (secondary N) is 1. The summed E-state index contributed by atoms with van der Waals surface area (Å²) in [5.41, 5.74) is -0.587. The normalized spacial score (nSPS) is 19.7. The van der Waals surface area contributed by atoms with Crippen LogP contribution in [0.5, 0.6) is 0 Å². The van der Waals surface area contributed by atoms with Crippen molar-refractivity contribution in [2.75, 3.05) is 39.5 Å². The lowest BCUT2D eigenvalue weighted by Crippen LogP contribution is -2.54. The summed E-state index contributed by atoms with van der Waals surface area (Å²) in [7, 11) is 0. The Morgan fingerprint density at radius 1 is 1.35 bits per heavy atom. The Kier molecular flexibility index (Phi) is 7.77. The number of rotatable bonds is 7. The molecule has 1 heterocycles. The van der Waals surface area contributed by atoms with Crippen LogP contribution >= 0.6 is 0 Å². The fraction of sp³-hybridized carbons (Fsp3) is 0.941. The Labute approximate surface area is 140 Å². The first-order chi connectivity index (χ1) is 10.8. The molecule has 0 bridgehead atoms. The average Bonchev–Trinajstić information content (AvgIpc) is 2.51. The minimum atomic E-state index is -0.496. The molecule has 0 saturated carbocycles. The summed E-state index contributed by atoms with van der Waals surface area (Å²) in [4.78, 5) is 14.1. The summed E-state index contributed by atoms with van der Waals surface area (Å²) in [5.74, 6) is 0. The van der Waals surface area contributed by atoms with Gasteiger partial charge in [-0.3, -0.25) is 4.90 Å². The number of amides is 1. The molecule has 0 spiro atoms. The van der Waals surface area contributed by atoms with E-state index in [9.17, 15) is 9.90 Å². The van der Waals surface area contributed by atoms with Crippen LogP contribution in [-0.4, -0.2) is 67.2 Å². The van der Waals surface area contributed by atoms with Crippen molar-refractivity contribution in [1.29, 1.82) is 0 Å². The summed E-state index contributed by atoms with van der Waals surface area (Å²) in [6.45, 7) is 12.9. The van der Waals surface area contributed by atoms with E-state index in [1.54, 1.807) is 4.90 Å². The molecule has 1 atom stereocenters. The molecule has 136 valence electrons. The van der Waals surface area contributed by atoms with Crippen LogP contribution < -0.4 is 5.32 Å². The van der Waals surface area contributed by atoms with Crippen LogP contribution in [-0.2, 0) is 9.47 Å². The Hall–Kier alpha value is -0.850. The summed E-state index contributed by atoms with van der Waals surface area (Å²) in [6, 6.07) is -0.0382. The number of aliphatic hydroxyl groups is 1. The van der Waals surface area contributed by atoms with Crippen LogP contribution in [0.2, 0.25) is 0 Å². The maximum absolute atomic E-state index is 12.3. The molecule has 1 saturated heterocycles.